The molecule has 88 valence electrons. The highest BCUT2D eigenvalue weighted by Gasteiger charge is 1.90. The molecule has 0 N–H and O–H groups in total. The Hall–Kier alpha value is -0.260. The molecule has 0 unspecified atom stereocenters. The number of rotatable bonds is 11. The Morgan fingerprint density at radius 3 is 1.67 bits per heavy atom. The second-order valence-corrected chi connectivity index (χ2v) is 4.23. The van der Waals surface area contributed by atoms with E-state index in [1.165, 1.54) is 51.4 Å². The van der Waals surface area contributed by atoms with Crippen LogP contribution in [0.2, 0.25) is 0 Å². The second-order valence-electron chi connectivity index (χ2n) is 4.23. The summed E-state index contributed by atoms with van der Waals surface area (Å²) < 4.78 is 0. The lowest BCUT2D eigenvalue weighted by Gasteiger charge is -1.99. The van der Waals surface area contributed by atoms with E-state index in [0.29, 0.717) is 0 Å². The molecular formula is C15H28. The van der Waals surface area contributed by atoms with Gasteiger partial charge < -0.3 is 0 Å². The van der Waals surface area contributed by atoms with E-state index in [0.717, 1.165) is 19.3 Å². The van der Waals surface area contributed by atoms with Gasteiger partial charge in [-0.3, -0.25) is 0 Å². The first-order valence-electron chi connectivity index (χ1n) is 6.65. The molecule has 0 aromatic rings. The van der Waals surface area contributed by atoms with Crippen LogP contribution in [0, 0.1) is 13.8 Å². The summed E-state index contributed by atoms with van der Waals surface area (Å²) in [6, 6.07) is 0. The topological polar surface area (TPSA) is 0 Å². The van der Waals surface area contributed by atoms with Gasteiger partial charge in [0.2, 0.25) is 0 Å². The summed E-state index contributed by atoms with van der Waals surface area (Å²) in [5.41, 5.74) is 0. The van der Waals surface area contributed by atoms with Crippen LogP contribution in [0.25, 0.3) is 0 Å². The van der Waals surface area contributed by atoms with Crippen LogP contribution in [-0.2, 0) is 0 Å². The maximum absolute atomic E-state index is 3.86. The van der Waals surface area contributed by atoms with Crippen molar-refractivity contribution in [2.24, 2.45) is 0 Å². The molecule has 0 amide bonds. The predicted molar refractivity (Wildman–Crippen MR) is 70.6 cm³/mol. The highest BCUT2D eigenvalue weighted by Crippen LogP contribution is 2.09. The molecular weight excluding hydrogens is 180 g/mol. The number of hydrogen-bond acceptors (Lipinski definition) is 0. The smallest absolute Gasteiger partial charge is 0.0351 e. The van der Waals surface area contributed by atoms with Crippen LogP contribution in [0.4, 0.5) is 0 Å². The Morgan fingerprint density at radius 1 is 0.533 bits per heavy atom. The van der Waals surface area contributed by atoms with Crippen molar-refractivity contribution in [1.82, 2.24) is 0 Å². The summed E-state index contributed by atoms with van der Waals surface area (Å²) in [5, 5.41) is 0. The highest BCUT2D eigenvalue weighted by atomic mass is 14.0. The zero-order valence-electron chi connectivity index (χ0n) is 10.3. The molecule has 0 bridgehead atoms. The summed E-state index contributed by atoms with van der Waals surface area (Å²) in [5.74, 6) is 0. The average Bonchev–Trinajstić information content (AvgIpc) is 2.26. The minimum Gasteiger partial charge on any atom is -0.0885 e. The van der Waals surface area contributed by atoms with E-state index in [9.17, 15) is 0 Å². The largest absolute Gasteiger partial charge is 0.0885 e. The van der Waals surface area contributed by atoms with Crippen LogP contribution in [-0.4, -0.2) is 0 Å². The minimum atomic E-state index is 1.03. The van der Waals surface area contributed by atoms with Gasteiger partial charge in [-0.2, -0.15) is 0 Å². The minimum absolute atomic E-state index is 1.03. The fourth-order valence-electron chi connectivity index (χ4n) is 1.68. The molecule has 0 nitrogen and oxygen atoms in total. The van der Waals surface area contributed by atoms with Gasteiger partial charge >= 0.3 is 0 Å². The lowest BCUT2D eigenvalue weighted by Crippen LogP contribution is -1.79. The molecule has 0 heteroatoms. The van der Waals surface area contributed by atoms with E-state index in [4.69, 9.17) is 0 Å². The molecule has 0 aromatic carbocycles. The lowest BCUT2D eigenvalue weighted by molar-refractivity contribution is 0.583. The van der Waals surface area contributed by atoms with Gasteiger partial charge in [0.05, 0.1) is 0 Å². The van der Waals surface area contributed by atoms with Crippen molar-refractivity contribution >= 4 is 0 Å². The van der Waals surface area contributed by atoms with Crippen LogP contribution in [0.5, 0.6) is 0 Å². The molecule has 2 radical (unpaired) electrons. The monoisotopic (exact) mass is 208 g/mol. The van der Waals surface area contributed by atoms with Crippen molar-refractivity contribution in [2.45, 2.75) is 70.6 Å². The molecule has 0 fully saturated rings. The summed E-state index contributed by atoms with van der Waals surface area (Å²) in [6.45, 7) is 7.67. The van der Waals surface area contributed by atoms with Crippen LogP contribution >= 0.6 is 0 Å². The lowest BCUT2D eigenvalue weighted by atomic mass is 10.1. The molecule has 0 aromatic heterocycles. The van der Waals surface area contributed by atoms with E-state index < -0.39 is 0 Å². The van der Waals surface area contributed by atoms with Gasteiger partial charge in [0.15, 0.2) is 0 Å². The van der Waals surface area contributed by atoms with E-state index >= 15 is 0 Å². The standard InChI is InChI=1S/C15H28/c1-3-5-7-9-11-13-15-14-12-10-8-6-4-2/h7,9H,1-6,8,10-15H2. The van der Waals surface area contributed by atoms with Crippen LogP contribution in [0.1, 0.15) is 70.6 Å². The summed E-state index contributed by atoms with van der Waals surface area (Å²) >= 11 is 0. The third kappa shape index (κ3) is 13.7. The summed E-state index contributed by atoms with van der Waals surface area (Å²) in [4.78, 5) is 0. The number of unbranched alkanes of at least 4 members (excludes halogenated alkanes) is 9. The van der Waals surface area contributed by atoms with Crippen molar-refractivity contribution < 1.29 is 0 Å². The fraction of sp³-hybridized carbons (Fsp3) is 0.733. The zero-order chi connectivity index (χ0) is 11.2. The predicted octanol–water partition coefficient (Wildman–Crippen LogP) is 5.50. The molecule has 0 aliphatic heterocycles. The number of allylic oxidation sites excluding steroid dienone is 2. The van der Waals surface area contributed by atoms with Crippen LogP contribution in [0.3, 0.4) is 0 Å². The first-order chi connectivity index (χ1) is 7.41. The fourth-order valence-corrected chi connectivity index (χ4v) is 1.68. The third-order valence-electron chi connectivity index (χ3n) is 2.66. The molecule has 0 saturated carbocycles. The Labute approximate surface area is 97.2 Å². The number of hydrogen-bond donors (Lipinski definition) is 0. The average molecular weight is 208 g/mol. The van der Waals surface area contributed by atoms with Gasteiger partial charge in [-0.1, -0.05) is 70.9 Å². The van der Waals surface area contributed by atoms with E-state index in [2.05, 4.69) is 26.0 Å². The quantitative estimate of drug-likeness (QED) is 0.310. The molecule has 0 aliphatic carbocycles. The summed E-state index contributed by atoms with van der Waals surface area (Å²) in [6.07, 6.45) is 18.8. The first kappa shape index (κ1) is 14.7. The van der Waals surface area contributed by atoms with Crippen molar-refractivity contribution in [3.63, 3.8) is 0 Å². The molecule has 0 heterocycles. The normalized spacial score (nSPS) is 11.3. The van der Waals surface area contributed by atoms with Gasteiger partial charge in [-0.15, -0.1) is 0 Å². The van der Waals surface area contributed by atoms with Crippen LogP contribution < -0.4 is 0 Å². The molecule has 0 aliphatic rings. The maximum Gasteiger partial charge on any atom is -0.0351 e. The van der Waals surface area contributed by atoms with E-state index in [1.54, 1.807) is 0 Å². The van der Waals surface area contributed by atoms with Gasteiger partial charge in [0.1, 0.15) is 0 Å². The third-order valence-corrected chi connectivity index (χ3v) is 2.66. The highest BCUT2D eigenvalue weighted by molar-refractivity contribution is 4.81. The van der Waals surface area contributed by atoms with Gasteiger partial charge in [-0.25, -0.2) is 0 Å². The Balaban J connectivity index is 2.92. The molecule has 0 spiro atoms. The van der Waals surface area contributed by atoms with Crippen molar-refractivity contribution in [1.29, 1.82) is 0 Å². The molecule has 15 heavy (non-hydrogen) atoms. The zero-order valence-corrected chi connectivity index (χ0v) is 10.3. The van der Waals surface area contributed by atoms with Gasteiger partial charge in [0, 0.05) is 0 Å². The van der Waals surface area contributed by atoms with Crippen molar-refractivity contribution in [3.05, 3.63) is 26.0 Å². The Morgan fingerprint density at radius 2 is 1.07 bits per heavy atom. The first-order valence-corrected chi connectivity index (χ1v) is 6.65. The van der Waals surface area contributed by atoms with Crippen LogP contribution in [0.15, 0.2) is 12.2 Å². The Bertz CT molecular complexity index is 124. The molecule has 0 rings (SSSR count). The van der Waals surface area contributed by atoms with Crippen molar-refractivity contribution in [2.75, 3.05) is 0 Å². The van der Waals surface area contributed by atoms with Gasteiger partial charge in [-0.05, 0) is 25.7 Å². The van der Waals surface area contributed by atoms with Crippen molar-refractivity contribution in [3.8, 4) is 0 Å². The molecule has 0 atom stereocenters. The van der Waals surface area contributed by atoms with Gasteiger partial charge in [0.25, 0.3) is 0 Å². The van der Waals surface area contributed by atoms with E-state index in [-0.39, 0.29) is 0 Å². The molecule has 0 saturated heterocycles. The Kier molecular flexibility index (Phi) is 13.5. The SMILES string of the molecule is [CH2]CCC=CCCCCCCCCC[CH2]. The van der Waals surface area contributed by atoms with E-state index in [1.807, 2.05) is 0 Å². The summed E-state index contributed by atoms with van der Waals surface area (Å²) in [7, 11) is 0. The maximum atomic E-state index is 3.86. The second kappa shape index (κ2) is 13.7.